The van der Waals surface area contributed by atoms with Crippen LogP contribution >= 0.6 is 11.3 Å². The van der Waals surface area contributed by atoms with Gasteiger partial charge in [0.25, 0.3) is 10.0 Å². The smallest absolute Gasteiger partial charge is 0.336 e. The first kappa shape index (κ1) is 14.2. The molecule has 19 heavy (non-hydrogen) atoms. The van der Waals surface area contributed by atoms with Crippen molar-refractivity contribution in [3.63, 3.8) is 0 Å². The Morgan fingerprint density at radius 3 is 2.63 bits per heavy atom. The van der Waals surface area contributed by atoms with Crippen LogP contribution in [-0.4, -0.2) is 39.7 Å². The molecule has 0 saturated heterocycles. The van der Waals surface area contributed by atoms with Crippen molar-refractivity contribution in [2.24, 2.45) is 0 Å². The molecule has 0 fully saturated rings. The van der Waals surface area contributed by atoms with Crippen LogP contribution in [0.5, 0.6) is 0 Å². The SMILES string of the molecule is O=C(O)c1csc(S(=O)(=O)NC2C=CS(=O)(=O)C2)c1. The second-order valence-electron chi connectivity index (χ2n) is 3.85. The highest BCUT2D eigenvalue weighted by Crippen LogP contribution is 2.21. The molecule has 0 saturated carbocycles. The predicted octanol–water partition coefficient (Wildman–Crippen LogP) is 0.0353. The number of carbonyl (C=O) groups is 1. The minimum Gasteiger partial charge on any atom is -0.478 e. The van der Waals surface area contributed by atoms with E-state index in [2.05, 4.69) is 4.72 Å². The van der Waals surface area contributed by atoms with E-state index in [1.54, 1.807) is 0 Å². The Hall–Kier alpha value is -1.23. The second-order valence-corrected chi connectivity index (χ2v) is 8.63. The number of hydrogen-bond acceptors (Lipinski definition) is 6. The summed E-state index contributed by atoms with van der Waals surface area (Å²) in [7, 11) is -7.27. The molecule has 1 aromatic heterocycles. The number of thiophene rings is 1. The van der Waals surface area contributed by atoms with Crippen molar-refractivity contribution in [1.29, 1.82) is 0 Å². The van der Waals surface area contributed by atoms with Gasteiger partial charge in [0.05, 0.1) is 17.4 Å². The predicted molar refractivity (Wildman–Crippen MR) is 68.3 cm³/mol. The third kappa shape index (κ3) is 3.21. The van der Waals surface area contributed by atoms with Crippen molar-refractivity contribution >= 4 is 37.2 Å². The highest BCUT2D eigenvalue weighted by molar-refractivity contribution is 7.94. The minimum absolute atomic E-state index is 0.125. The first-order valence-electron chi connectivity index (χ1n) is 4.95. The summed E-state index contributed by atoms with van der Waals surface area (Å²) in [4.78, 5) is 10.7. The first-order valence-corrected chi connectivity index (χ1v) is 9.02. The summed E-state index contributed by atoms with van der Waals surface area (Å²) in [5, 5.41) is 10.9. The first-order chi connectivity index (χ1) is 8.70. The average Bonchev–Trinajstić information content (AvgIpc) is 2.84. The normalized spacial score (nSPS) is 21.6. The van der Waals surface area contributed by atoms with Crippen LogP contribution < -0.4 is 4.72 Å². The van der Waals surface area contributed by atoms with E-state index in [4.69, 9.17) is 5.11 Å². The maximum atomic E-state index is 11.9. The largest absolute Gasteiger partial charge is 0.478 e. The zero-order chi connectivity index (χ0) is 14.3. The molecule has 0 radical (unpaired) electrons. The lowest BCUT2D eigenvalue weighted by molar-refractivity contribution is 0.0697. The summed E-state index contributed by atoms with van der Waals surface area (Å²) in [5.74, 6) is -1.55. The average molecular weight is 323 g/mol. The van der Waals surface area contributed by atoms with Crippen molar-refractivity contribution < 1.29 is 26.7 Å². The summed E-state index contributed by atoms with van der Waals surface area (Å²) in [6, 6.07) is 0.202. The lowest BCUT2D eigenvalue weighted by Gasteiger charge is -2.08. The van der Waals surface area contributed by atoms with E-state index in [0.717, 1.165) is 22.8 Å². The number of carboxylic acids is 1. The monoisotopic (exact) mass is 323 g/mol. The van der Waals surface area contributed by atoms with E-state index in [0.29, 0.717) is 0 Å². The van der Waals surface area contributed by atoms with Crippen LogP contribution in [0.2, 0.25) is 0 Å². The summed E-state index contributed by atoms with van der Waals surface area (Å²) in [6.45, 7) is 0. The number of carboxylic acid groups (broad SMARTS) is 1. The van der Waals surface area contributed by atoms with E-state index >= 15 is 0 Å². The molecule has 1 atom stereocenters. The van der Waals surface area contributed by atoms with Gasteiger partial charge in [-0.25, -0.2) is 26.4 Å². The van der Waals surface area contributed by atoms with E-state index in [1.807, 2.05) is 0 Å². The second kappa shape index (κ2) is 4.71. The Morgan fingerprint density at radius 1 is 1.47 bits per heavy atom. The third-order valence-corrected chi connectivity index (χ3v) is 6.65. The molecule has 104 valence electrons. The Labute approximate surface area is 113 Å². The molecule has 10 heteroatoms. The zero-order valence-corrected chi connectivity index (χ0v) is 11.8. The van der Waals surface area contributed by atoms with Crippen molar-refractivity contribution in [3.8, 4) is 0 Å². The van der Waals surface area contributed by atoms with Gasteiger partial charge in [-0.3, -0.25) is 0 Å². The molecule has 1 aliphatic heterocycles. The lowest BCUT2D eigenvalue weighted by atomic mass is 10.4. The molecule has 0 aliphatic carbocycles. The summed E-state index contributed by atoms with van der Waals surface area (Å²) >= 11 is 0.763. The molecule has 7 nitrogen and oxygen atoms in total. The molecule has 1 unspecified atom stereocenters. The van der Waals surface area contributed by atoms with Crippen molar-refractivity contribution in [2.75, 3.05) is 5.75 Å². The van der Waals surface area contributed by atoms with Gasteiger partial charge in [-0.15, -0.1) is 11.3 Å². The highest BCUT2D eigenvalue weighted by Gasteiger charge is 2.27. The Balaban J connectivity index is 2.19. The Kier molecular flexibility index (Phi) is 3.51. The fraction of sp³-hybridized carbons (Fsp3) is 0.222. The maximum absolute atomic E-state index is 11.9. The molecular weight excluding hydrogens is 314 g/mol. The molecule has 0 bridgehead atoms. The van der Waals surface area contributed by atoms with Crippen LogP contribution in [0.25, 0.3) is 0 Å². The van der Waals surface area contributed by atoms with Crippen LogP contribution in [0, 0.1) is 0 Å². The lowest BCUT2D eigenvalue weighted by Crippen LogP contribution is -2.35. The van der Waals surface area contributed by atoms with E-state index < -0.39 is 31.9 Å². The van der Waals surface area contributed by atoms with Gasteiger partial charge < -0.3 is 5.11 Å². The van der Waals surface area contributed by atoms with Crippen LogP contribution in [-0.2, 0) is 19.9 Å². The van der Waals surface area contributed by atoms with Crippen molar-refractivity contribution in [1.82, 2.24) is 4.72 Å². The molecule has 0 amide bonds. The standard InChI is InChI=1S/C9H9NO6S3/c11-9(12)6-3-8(17-4-6)19(15,16)10-7-1-2-18(13,14)5-7/h1-4,7,10H,5H2,(H,11,12). The van der Waals surface area contributed by atoms with Gasteiger partial charge in [0.15, 0.2) is 9.84 Å². The molecular formula is C9H9NO6S3. The maximum Gasteiger partial charge on any atom is 0.336 e. The topological polar surface area (TPSA) is 118 Å². The highest BCUT2D eigenvalue weighted by atomic mass is 32.2. The van der Waals surface area contributed by atoms with Crippen LogP contribution in [0.4, 0.5) is 0 Å². The Morgan fingerprint density at radius 2 is 2.16 bits per heavy atom. The van der Waals surface area contributed by atoms with Gasteiger partial charge in [-0.1, -0.05) is 6.08 Å². The quantitative estimate of drug-likeness (QED) is 0.807. The number of rotatable bonds is 4. The molecule has 2 rings (SSSR count). The number of sulfonamides is 1. The molecule has 0 aromatic carbocycles. The fourth-order valence-corrected chi connectivity index (χ4v) is 5.18. The van der Waals surface area contributed by atoms with E-state index in [-0.39, 0.29) is 15.5 Å². The molecule has 1 aromatic rings. The number of aromatic carboxylic acids is 1. The molecule has 2 N–H and O–H groups in total. The van der Waals surface area contributed by atoms with E-state index in [9.17, 15) is 21.6 Å². The number of nitrogens with one attached hydrogen (secondary N) is 1. The van der Waals surface area contributed by atoms with Gasteiger partial charge in [0.2, 0.25) is 0 Å². The van der Waals surface area contributed by atoms with Gasteiger partial charge in [-0.2, -0.15) is 0 Å². The van der Waals surface area contributed by atoms with Crippen LogP contribution in [0.1, 0.15) is 10.4 Å². The van der Waals surface area contributed by atoms with Crippen molar-refractivity contribution in [2.45, 2.75) is 10.3 Å². The Bertz CT molecular complexity index is 743. The van der Waals surface area contributed by atoms with Gasteiger partial charge in [0.1, 0.15) is 4.21 Å². The van der Waals surface area contributed by atoms with Gasteiger partial charge in [-0.05, 0) is 6.07 Å². The van der Waals surface area contributed by atoms with Gasteiger partial charge >= 0.3 is 5.97 Å². The molecule has 1 aliphatic rings. The van der Waals surface area contributed by atoms with Gasteiger partial charge in [0, 0.05) is 10.8 Å². The van der Waals surface area contributed by atoms with E-state index in [1.165, 1.54) is 11.5 Å². The molecule has 2 heterocycles. The van der Waals surface area contributed by atoms with Crippen LogP contribution in [0.3, 0.4) is 0 Å². The third-order valence-electron chi connectivity index (χ3n) is 2.32. The summed E-state index contributed by atoms with van der Waals surface area (Å²) in [6.07, 6.45) is 1.25. The zero-order valence-electron chi connectivity index (χ0n) is 9.31. The molecule has 0 spiro atoms. The summed E-state index contributed by atoms with van der Waals surface area (Å²) < 4.78 is 48.2. The summed E-state index contributed by atoms with van der Waals surface area (Å²) in [5.41, 5.74) is -0.125. The van der Waals surface area contributed by atoms with Crippen LogP contribution in [0.15, 0.2) is 27.1 Å². The number of sulfone groups is 1. The fourth-order valence-electron chi connectivity index (χ4n) is 1.48. The minimum atomic E-state index is -3.92. The van der Waals surface area contributed by atoms with Crippen molar-refractivity contribution in [3.05, 3.63) is 28.5 Å². The number of hydrogen-bond donors (Lipinski definition) is 2.